The van der Waals surface area contributed by atoms with Crippen molar-refractivity contribution >= 4 is 35.4 Å². The Bertz CT molecular complexity index is 812. The van der Waals surface area contributed by atoms with Crippen molar-refractivity contribution in [2.45, 2.75) is 12.8 Å². The molecule has 0 radical (unpaired) electrons. The van der Waals surface area contributed by atoms with Gasteiger partial charge in [-0.25, -0.2) is 9.59 Å². The molecule has 0 atom stereocenters. The number of halogens is 2. The van der Waals surface area contributed by atoms with Crippen LogP contribution in [0.4, 0.5) is 14.9 Å². The number of piperidine rings is 1. The number of nitro benzene ring substituents is 1. The summed E-state index contributed by atoms with van der Waals surface area (Å²) in [6.07, 6.45) is 1.31. The zero-order valence-corrected chi connectivity index (χ0v) is 15.0. The average Bonchev–Trinajstić information content (AvgIpc) is 2.62. The third-order valence-corrected chi connectivity index (χ3v) is 4.15. The molecule has 1 N–H and O–H groups in total. The van der Waals surface area contributed by atoms with Gasteiger partial charge < -0.3 is 19.5 Å². The first kappa shape index (κ1) is 20.4. The number of nitro groups is 1. The van der Waals surface area contributed by atoms with Gasteiger partial charge in [-0.1, -0.05) is 17.7 Å². The summed E-state index contributed by atoms with van der Waals surface area (Å²) in [5, 5.41) is 20.1. The fraction of sp³-hybridized carbons (Fsp3) is 0.375. The Hall–Kier alpha value is -2.88. The lowest BCUT2D eigenvalue weighted by Crippen LogP contribution is -2.35. The van der Waals surface area contributed by atoms with E-state index in [0.29, 0.717) is 25.0 Å². The van der Waals surface area contributed by atoms with Gasteiger partial charge >= 0.3 is 17.7 Å². The first-order valence-electron chi connectivity index (χ1n) is 7.78. The maximum Gasteiger partial charge on any atom is 0.407 e. The number of ether oxygens (including phenoxy) is 2. The third-order valence-electron chi connectivity index (χ3n) is 3.87. The van der Waals surface area contributed by atoms with Crippen LogP contribution in [0.25, 0.3) is 6.08 Å². The molecule has 0 unspecified atom stereocenters. The number of rotatable bonds is 5. The molecule has 0 saturated carbocycles. The van der Waals surface area contributed by atoms with Gasteiger partial charge in [0, 0.05) is 18.7 Å². The number of esters is 1. The molecule has 9 nitrogen and oxygen atoms in total. The van der Waals surface area contributed by atoms with Crippen molar-refractivity contribution in [2.24, 2.45) is 0 Å². The molecule has 1 aliphatic rings. The molecule has 146 valence electrons. The molecule has 1 aromatic rings. The number of carbonyl (C=O) groups excluding carboxylic acids is 1. The number of carbonyl (C=O) groups is 2. The molecule has 0 aromatic heterocycles. The molecule has 1 aromatic carbocycles. The lowest BCUT2D eigenvalue weighted by Gasteiger charge is -2.26. The monoisotopic (exact) mass is 402 g/mol. The predicted octanol–water partition coefficient (Wildman–Crippen LogP) is 3.10. The number of nitrogens with zero attached hydrogens (tertiary/aromatic N) is 2. The zero-order chi connectivity index (χ0) is 20.1. The van der Waals surface area contributed by atoms with E-state index in [9.17, 15) is 24.1 Å². The van der Waals surface area contributed by atoms with E-state index in [1.807, 2.05) is 0 Å². The molecule has 1 fully saturated rings. The number of hydrogen-bond donors (Lipinski definition) is 1. The Balaban J connectivity index is 2.41. The van der Waals surface area contributed by atoms with Crippen LogP contribution in [-0.4, -0.2) is 53.8 Å². The van der Waals surface area contributed by atoms with Gasteiger partial charge in [-0.05, 0) is 24.5 Å². The minimum atomic E-state index is -1.19. The summed E-state index contributed by atoms with van der Waals surface area (Å²) >= 11 is 5.99. The lowest BCUT2D eigenvalue weighted by molar-refractivity contribution is -0.388. The van der Waals surface area contributed by atoms with E-state index < -0.39 is 40.8 Å². The van der Waals surface area contributed by atoms with E-state index in [4.69, 9.17) is 21.4 Å². The highest BCUT2D eigenvalue weighted by Crippen LogP contribution is 2.40. The molecular formula is C16H16ClFN2O7. The molecule has 2 rings (SSSR count). The second-order valence-corrected chi connectivity index (χ2v) is 6.08. The molecule has 1 saturated heterocycles. The van der Waals surface area contributed by atoms with E-state index in [0.717, 1.165) is 18.1 Å². The van der Waals surface area contributed by atoms with E-state index in [2.05, 4.69) is 4.74 Å². The largest absolute Gasteiger partial charge is 0.474 e. The molecule has 27 heavy (non-hydrogen) atoms. The summed E-state index contributed by atoms with van der Waals surface area (Å²) in [4.78, 5) is 33.7. The Morgan fingerprint density at radius 3 is 2.81 bits per heavy atom. The van der Waals surface area contributed by atoms with Crippen molar-refractivity contribution in [3.63, 3.8) is 0 Å². The molecule has 0 aliphatic carbocycles. The Labute approximate surface area is 158 Å². The fourth-order valence-electron chi connectivity index (χ4n) is 2.61. The van der Waals surface area contributed by atoms with Gasteiger partial charge in [0.1, 0.15) is 0 Å². The van der Waals surface area contributed by atoms with Crippen LogP contribution in [0.5, 0.6) is 5.75 Å². The second-order valence-electron chi connectivity index (χ2n) is 5.67. The highest BCUT2D eigenvalue weighted by molar-refractivity contribution is 6.32. The third kappa shape index (κ3) is 4.85. The quantitative estimate of drug-likeness (QED) is 0.456. The van der Waals surface area contributed by atoms with Crippen LogP contribution in [-0.2, 0) is 9.53 Å². The molecule has 1 amide bonds. The van der Waals surface area contributed by atoms with Crippen molar-refractivity contribution in [3.05, 3.63) is 38.2 Å². The number of methoxy groups -OCH3 is 1. The molecule has 11 heteroatoms. The SMILES string of the molecule is COC(=O)COc1c(Cl)cc(/C=C2\CCCN(C(=O)O)C2)c(F)c1[N+](=O)[O-]. The van der Waals surface area contributed by atoms with Crippen molar-refractivity contribution < 1.29 is 33.5 Å². The van der Waals surface area contributed by atoms with Crippen molar-refractivity contribution in [1.82, 2.24) is 4.90 Å². The van der Waals surface area contributed by atoms with Gasteiger partial charge in [0.15, 0.2) is 6.61 Å². The highest BCUT2D eigenvalue weighted by Gasteiger charge is 2.29. The Morgan fingerprint density at radius 2 is 2.22 bits per heavy atom. The summed E-state index contributed by atoms with van der Waals surface area (Å²) in [7, 11) is 1.10. The molecule has 0 bridgehead atoms. The van der Waals surface area contributed by atoms with Gasteiger partial charge in [0.05, 0.1) is 17.1 Å². The Kier molecular flexibility index (Phi) is 6.56. The molecular weight excluding hydrogens is 387 g/mol. The highest BCUT2D eigenvalue weighted by atomic mass is 35.5. The normalized spacial score (nSPS) is 15.5. The van der Waals surface area contributed by atoms with E-state index >= 15 is 0 Å². The van der Waals surface area contributed by atoms with E-state index in [-0.39, 0.29) is 17.1 Å². The van der Waals surface area contributed by atoms with Crippen LogP contribution in [0.2, 0.25) is 5.02 Å². The van der Waals surface area contributed by atoms with Crippen molar-refractivity contribution in [3.8, 4) is 5.75 Å². The van der Waals surface area contributed by atoms with Crippen LogP contribution in [0.15, 0.2) is 11.6 Å². The lowest BCUT2D eigenvalue weighted by atomic mass is 10.0. The summed E-state index contributed by atoms with van der Waals surface area (Å²) in [5.41, 5.74) is -0.584. The number of benzene rings is 1. The smallest absolute Gasteiger partial charge is 0.407 e. The van der Waals surface area contributed by atoms with Crippen LogP contribution in [0.3, 0.4) is 0 Å². The van der Waals surface area contributed by atoms with Crippen LogP contribution >= 0.6 is 11.6 Å². The second kappa shape index (κ2) is 8.67. The maximum absolute atomic E-state index is 14.7. The van der Waals surface area contributed by atoms with Crippen molar-refractivity contribution in [1.29, 1.82) is 0 Å². The zero-order valence-electron chi connectivity index (χ0n) is 14.2. The summed E-state index contributed by atoms with van der Waals surface area (Å²) in [5.74, 6) is -2.59. The molecule has 0 spiro atoms. The Morgan fingerprint density at radius 1 is 1.52 bits per heavy atom. The number of hydrogen-bond acceptors (Lipinski definition) is 6. The van der Waals surface area contributed by atoms with Gasteiger partial charge in [-0.3, -0.25) is 10.1 Å². The summed E-state index contributed by atoms with van der Waals surface area (Å²) in [6.45, 7) is -0.248. The van der Waals surface area contributed by atoms with Gasteiger partial charge in [-0.2, -0.15) is 4.39 Å². The predicted molar refractivity (Wildman–Crippen MR) is 92.4 cm³/mol. The van der Waals surface area contributed by atoms with Gasteiger partial charge in [-0.15, -0.1) is 0 Å². The topological polar surface area (TPSA) is 119 Å². The van der Waals surface area contributed by atoms with Crippen LogP contribution in [0.1, 0.15) is 18.4 Å². The van der Waals surface area contributed by atoms with Crippen LogP contribution < -0.4 is 4.74 Å². The number of amides is 1. The standard InChI is InChI=1S/C16H16ClFN2O7/c1-26-12(21)8-27-15-11(17)6-10(13(18)14(15)20(24)25)5-9-3-2-4-19(7-9)16(22)23/h5-6H,2-4,7-8H2,1H3,(H,22,23)/b9-5+. The minimum absolute atomic E-state index is 0.0702. The van der Waals surface area contributed by atoms with E-state index in [1.54, 1.807) is 0 Å². The first-order valence-corrected chi connectivity index (χ1v) is 8.15. The number of carboxylic acid groups (broad SMARTS) is 1. The maximum atomic E-state index is 14.7. The van der Waals surface area contributed by atoms with E-state index in [1.165, 1.54) is 6.08 Å². The average molecular weight is 403 g/mol. The minimum Gasteiger partial charge on any atom is -0.474 e. The van der Waals surface area contributed by atoms with Gasteiger partial charge in [0.2, 0.25) is 11.6 Å². The molecule has 1 heterocycles. The fourth-order valence-corrected chi connectivity index (χ4v) is 2.87. The number of likely N-dealkylation sites (tertiary alicyclic amines) is 1. The summed E-state index contributed by atoms with van der Waals surface area (Å²) in [6, 6.07) is 1.13. The van der Waals surface area contributed by atoms with Crippen LogP contribution in [0, 0.1) is 15.9 Å². The summed E-state index contributed by atoms with van der Waals surface area (Å²) < 4.78 is 24.0. The van der Waals surface area contributed by atoms with Gasteiger partial charge in [0.25, 0.3) is 0 Å². The first-order chi connectivity index (χ1) is 12.7. The van der Waals surface area contributed by atoms with Crippen molar-refractivity contribution in [2.75, 3.05) is 26.8 Å². The molecule has 1 aliphatic heterocycles.